The molecule has 0 radical (unpaired) electrons. The van der Waals surface area contributed by atoms with Gasteiger partial charge >= 0.3 is 6.18 Å². The molecule has 0 aliphatic carbocycles. The Hall–Kier alpha value is -0.840. The number of aryl methyl sites for hydroxylation is 1. The zero-order valence-electron chi connectivity index (χ0n) is 9.43. The number of carbonyl (C=O) groups excluding carboxylic acids is 1. The lowest BCUT2D eigenvalue weighted by molar-refractivity contribution is -0.135. The first kappa shape index (κ1) is 14.2. The lowest BCUT2D eigenvalue weighted by Gasteiger charge is -2.04. The second-order valence-electron chi connectivity index (χ2n) is 3.91. The van der Waals surface area contributed by atoms with Gasteiger partial charge in [0, 0.05) is 22.6 Å². The number of aldehydes is 1. The Kier molecular flexibility index (Phi) is 5.68. The first-order chi connectivity index (χ1) is 8.01. The number of hydrogen-bond acceptors (Lipinski definition) is 2. The standard InChI is InChI=1S/C12H15F3OS/c13-12(14,15)8-3-1-2-4-10-5-6-11(17-10)7-9-16/h5-6,9H,1-4,7-8H2. The van der Waals surface area contributed by atoms with E-state index in [9.17, 15) is 18.0 Å². The summed E-state index contributed by atoms with van der Waals surface area (Å²) in [7, 11) is 0. The topological polar surface area (TPSA) is 17.1 Å². The highest BCUT2D eigenvalue weighted by molar-refractivity contribution is 7.12. The molecule has 0 N–H and O–H groups in total. The first-order valence-corrected chi connectivity index (χ1v) is 6.41. The van der Waals surface area contributed by atoms with E-state index in [1.54, 1.807) is 11.3 Å². The summed E-state index contributed by atoms with van der Waals surface area (Å²) in [6.07, 6.45) is -1.04. The third-order valence-corrected chi connectivity index (χ3v) is 3.55. The normalized spacial score (nSPS) is 11.7. The Labute approximate surface area is 103 Å². The first-order valence-electron chi connectivity index (χ1n) is 5.59. The Balaban J connectivity index is 2.15. The van der Waals surface area contributed by atoms with Gasteiger partial charge in [0.2, 0.25) is 0 Å². The maximum Gasteiger partial charge on any atom is 0.389 e. The maximum absolute atomic E-state index is 11.9. The number of unbranched alkanes of at least 4 members (excludes halogenated alkanes) is 2. The SMILES string of the molecule is O=CCc1ccc(CCCCCC(F)(F)F)s1. The number of thiophene rings is 1. The molecule has 1 nitrogen and oxygen atoms in total. The third kappa shape index (κ3) is 6.46. The molecule has 1 aromatic rings. The van der Waals surface area contributed by atoms with Crippen LogP contribution in [0.4, 0.5) is 13.2 Å². The molecule has 0 atom stereocenters. The Morgan fingerprint density at radius 1 is 1.12 bits per heavy atom. The van der Waals surface area contributed by atoms with Crippen LogP contribution in [0.15, 0.2) is 12.1 Å². The van der Waals surface area contributed by atoms with E-state index in [2.05, 4.69) is 0 Å². The van der Waals surface area contributed by atoms with Crippen LogP contribution in [0.1, 0.15) is 35.4 Å². The summed E-state index contributed by atoms with van der Waals surface area (Å²) in [5, 5.41) is 0. The van der Waals surface area contributed by atoms with E-state index in [1.165, 1.54) is 0 Å². The highest BCUT2D eigenvalue weighted by Gasteiger charge is 2.25. The van der Waals surface area contributed by atoms with Gasteiger partial charge in [0.1, 0.15) is 6.29 Å². The van der Waals surface area contributed by atoms with Crippen molar-refractivity contribution in [3.8, 4) is 0 Å². The van der Waals surface area contributed by atoms with Gasteiger partial charge in [-0.1, -0.05) is 6.42 Å². The summed E-state index contributed by atoms with van der Waals surface area (Å²) in [5.74, 6) is 0. The molecule has 1 aromatic heterocycles. The number of rotatable bonds is 7. The third-order valence-electron chi connectivity index (χ3n) is 2.39. The minimum atomic E-state index is -4.03. The number of alkyl halides is 3. The second-order valence-corrected chi connectivity index (χ2v) is 5.17. The van der Waals surface area contributed by atoms with Crippen molar-refractivity contribution in [2.75, 3.05) is 0 Å². The van der Waals surface area contributed by atoms with Crippen molar-refractivity contribution in [2.45, 2.75) is 44.7 Å². The van der Waals surface area contributed by atoms with E-state index >= 15 is 0 Å². The fraction of sp³-hybridized carbons (Fsp3) is 0.583. The van der Waals surface area contributed by atoms with Crippen LogP contribution in [-0.4, -0.2) is 12.5 Å². The molecule has 5 heteroatoms. The monoisotopic (exact) mass is 264 g/mol. The lowest BCUT2D eigenvalue weighted by Crippen LogP contribution is -2.06. The molecule has 17 heavy (non-hydrogen) atoms. The van der Waals surface area contributed by atoms with Gasteiger partial charge in [-0.15, -0.1) is 11.3 Å². The van der Waals surface area contributed by atoms with Crippen molar-refractivity contribution in [3.63, 3.8) is 0 Å². The molecule has 96 valence electrons. The predicted molar refractivity (Wildman–Crippen MR) is 62.3 cm³/mol. The highest BCUT2D eigenvalue weighted by atomic mass is 32.1. The molecule has 0 bridgehead atoms. The molecule has 0 aliphatic heterocycles. The predicted octanol–water partition coefficient (Wildman–Crippen LogP) is 4.15. The Morgan fingerprint density at radius 3 is 2.47 bits per heavy atom. The Morgan fingerprint density at radius 2 is 1.82 bits per heavy atom. The molecule has 0 spiro atoms. The molecule has 0 aromatic carbocycles. The molecular weight excluding hydrogens is 249 g/mol. The summed E-state index contributed by atoms with van der Waals surface area (Å²) in [5.41, 5.74) is 0. The minimum absolute atomic E-state index is 0.204. The van der Waals surface area contributed by atoms with Crippen LogP contribution in [-0.2, 0) is 17.6 Å². The largest absolute Gasteiger partial charge is 0.389 e. The quantitative estimate of drug-likeness (QED) is 0.534. The average molecular weight is 264 g/mol. The molecule has 1 heterocycles. The lowest BCUT2D eigenvalue weighted by atomic mass is 10.1. The van der Waals surface area contributed by atoms with Crippen LogP contribution in [0.25, 0.3) is 0 Å². The summed E-state index contributed by atoms with van der Waals surface area (Å²) in [6, 6.07) is 3.86. The second kappa shape index (κ2) is 6.79. The van der Waals surface area contributed by atoms with Crippen molar-refractivity contribution < 1.29 is 18.0 Å². The van der Waals surface area contributed by atoms with Crippen LogP contribution in [0.2, 0.25) is 0 Å². The van der Waals surface area contributed by atoms with E-state index < -0.39 is 12.6 Å². The number of carbonyl (C=O) groups is 1. The molecule has 0 unspecified atom stereocenters. The van der Waals surface area contributed by atoms with Crippen LogP contribution >= 0.6 is 11.3 Å². The molecule has 0 fully saturated rings. The zero-order chi connectivity index (χ0) is 12.7. The van der Waals surface area contributed by atoms with Gasteiger partial charge in [0.15, 0.2) is 0 Å². The highest BCUT2D eigenvalue weighted by Crippen LogP contribution is 2.24. The van der Waals surface area contributed by atoms with E-state index in [4.69, 9.17) is 0 Å². The zero-order valence-corrected chi connectivity index (χ0v) is 10.2. The van der Waals surface area contributed by atoms with E-state index in [0.717, 1.165) is 28.9 Å². The van der Waals surface area contributed by atoms with Gasteiger partial charge in [-0.2, -0.15) is 13.2 Å². The van der Waals surface area contributed by atoms with Crippen LogP contribution in [0, 0.1) is 0 Å². The molecule has 0 saturated carbocycles. The molecule has 1 rings (SSSR count). The van der Waals surface area contributed by atoms with Gasteiger partial charge in [-0.05, 0) is 31.4 Å². The van der Waals surface area contributed by atoms with E-state index in [0.29, 0.717) is 12.8 Å². The van der Waals surface area contributed by atoms with Gasteiger partial charge < -0.3 is 4.79 Å². The van der Waals surface area contributed by atoms with Gasteiger partial charge in [-0.3, -0.25) is 0 Å². The van der Waals surface area contributed by atoms with Gasteiger partial charge in [0.05, 0.1) is 0 Å². The number of halogens is 3. The van der Waals surface area contributed by atoms with Crippen molar-refractivity contribution >= 4 is 17.6 Å². The molecule has 0 aliphatic rings. The van der Waals surface area contributed by atoms with Crippen LogP contribution < -0.4 is 0 Å². The minimum Gasteiger partial charge on any atom is -0.303 e. The molecular formula is C12H15F3OS. The summed E-state index contributed by atoms with van der Waals surface area (Å²) in [6.45, 7) is 0. The average Bonchev–Trinajstić information content (AvgIpc) is 2.64. The van der Waals surface area contributed by atoms with Crippen molar-refractivity contribution in [2.24, 2.45) is 0 Å². The van der Waals surface area contributed by atoms with Crippen LogP contribution in [0.3, 0.4) is 0 Å². The fourth-order valence-electron chi connectivity index (χ4n) is 1.55. The summed E-state index contributed by atoms with van der Waals surface area (Å²) >= 11 is 1.57. The van der Waals surface area contributed by atoms with Crippen molar-refractivity contribution in [3.05, 3.63) is 21.9 Å². The smallest absolute Gasteiger partial charge is 0.303 e. The van der Waals surface area contributed by atoms with Gasteiger partial charge in [0.25, 0.3) is 0 Å². The Bertz CT molecular complexity index is 344. The van der Waals surface area contributed by atoms with Crippen molar-refractivity contribution in [1.82, 2.24) is 0 Å². The van der Waals surface area contributed by atoms with E-state index in [1.807, 2.05) is 12.1 Å². The van der Waals surface area contributed by atoms with Gasteiger partial charge in [-0.25, -0.2) is 0 Å². The number of hydrogen-bond donors (Lipinski definition) is 0. The fourth-order valence-corrected chi connectivity index (χ4v) is 2.56. The molecule has 0 amide bonds. The van der Waals surface area contributed by atoms with Crippen LogP contribution in [0.5, 0.6) is 0 Å². The van der Waals surface area contributed by atoms with Crippen molar-refractivity contribution in [1.29, 1.82) is 0 Å². The molecule has 0 saturated heterocycles. The van der Waals surface area contributed by atoms with E-state index in [-0.39, 0.29) is 6.42 Å². The maximum atomic E-state index is 11.9. The summed E-state index contributed by atoms with van der Waals surface area (Å²) in [4.78, 5) is 12.4. The summed E-state index contributed by atoms with van der Waals surface area (Å²) < 4.78 is 35.6.